The number of carbonyl (C=O) groups excluding carboxylic acids is 1. The number of rotatable bonds is 2. The first kappa shape index (κ1) is 16.3. The standard InChI is InChI=1S/C21H19N3O2/c1-14-13-23(18-11-7-6-10-17(14)18)21(26)20-19(25)12-15(2)24(22-20)16-8-4-3-5-9-16/h3-12,14H,13H2,1-2H3/t14-/m1/s1. The fourth-order valence-electron chi connectivity index (χ4n) is 3.47. The van der Waals surface area contributed by atoms with E-state index in [0.29, 0.717) is 12.2 Å². The number of benzene rings is 2. The Hall–Kier alpha value is -3.21. The molecule has 4 rings (SSSR count). The number of aryl methyl sites for hydroxylation is 1. The molecule has 1 aliphatic rings. The predicted molar refractivity (Wildman–Crippen MR) is 101 cm³/mol. The topological polar surface area (TPSA) is 55.2 Å². The van der Waals surface area contributed by atoms with Crippen LogP contribution in [0.25, 0.3) is 5.69 Å². The van der Waals surface area contributed by atoms with Crippen molar-refractivity contribution in [3.63, 3.8) is 0 Å². The van der Waals surface area contributed by atoms with E-state index in [4.69, 9.17) is 0 Å². The zero-order valence-electron chi connectivity index (χ0n) is 14.7. The molecule has 5 nitrogen and oxygen atoms in total. The largest absolute Gasteiger partial charge is 0.306 e. The monoisotopic (exact) mass is 345 g/mol. The first-order valence-electron chi connectivity index (χ1n) is 8.63. The highest BCUT2D eigenvalue weighted by atomic mass is 16.2. The lowest BCUT2D eigenvalue weighted by Gasteiger charge is -2.18. The summed E-state index contributed by atoms with van der Waals surface area (Å²) in [6.45, 7) is 4.44. The van der Waals surface area contributed by atoms with Gasteiger partial charge in [0.25, 0.3) is 5.91 Å². The van der Waals surface area contributed by atoms with Crippen molar-refractivity contribution in [2.24, 2.45) is 0 Å². The second-order valence-corrected chi connectivity index (χ2v) is 6.62. The van der Waals surface area contributed by atoms with E-state index in [1.807, 2.05) is 61.5 Å². The highest BCUT2D eigenvalue weighted by Crippen LogP contribution is 2.36. The molecule has 5 heteroatoms. The molecule has 0 aliphatic carbocycles. The van der Waals surface area contributed by atoms with E-state index in [2.05, 4.69) is 12.0 Å². The van der Waals surface area contributed by atoms with Gasteiger partial charge in [0.2, 0.25) is 5.43 Å². The summed E-state index contributed by atoms with van der Waals surface area (Å²) in [5.74, 6) is -0.117. The number of hydrogen-bond acceptors (Lipinski definition) is 3. The minimum atomic E-state index is -0.350. The molecule has 0 fully saturated rings. The molecule has 3 aromatic rings. The predicted octanol–water partition coefficient (Wildman–Crippen LogP) is 3.30. The summed E-state index contributed by atoms with van der Waals surface area (Å²) in [7, 11) is 0. The minimum Gasteiger partial charge on any atom is -0.306 e. The van der Waals surface area contributed by atoms with Gasteiger partial charge in [-0.1, -0.05) is 43.3 Å². The second kappa shape index (κ2) is 6.26. The summed E-state index contributed by atoms with van der Waals surface area (Å²) in [6.07, 6.45) is 0. The normalized spacial score (nSPS) is 15.8. The van der Waals surface area contributed by atoms with Gasteiger partial charge in [-0.05, 0) is 30.7 Å². The van der Waals surface area contributed by atoms with Gasteiger partial charge in [0, 0.05) is 29.9 Å². The van der Waals surface area contributed by atoms with Crippen molar-refractivity contribution < 1.29 is 4.79 Å². The summed E-state index contributed by atoms with van der Waals surface area (Å²) >= 11 is 0. The van der Waals surface area contributed by atoms with Gasteiger partial charge < -0.3 is 4.90 Å². The van der Waals surface area contributed by atoms with Crippen molar-refractivity contribution in [3.05, 3.63) is 87.8 Å². The molecule has 26 heavy (non-hydrogen) atoms. The third-order valence-corrected chi connectivity index (χ3v) is 4.77. The van der Waals surface area contributed by atoms with Crippen molar-refractivity contribution in [2.75, 3.05) is 11.4 Å². The van der Waals surface area contributed by atoms with Crippen molar-refractivity contribution in [1.82, 2.24) is 9.78 Å². The van der Waals surface area contributed by atoms with Gasteiger partial charge in [-0.3, -0.25) is 9.59 Å². The van der Waals surface area contributed by atoms with Crippen LogP contribution in [0, 0.1) is 6.92 Å². The van der Waals surface area contributed by atoms with E-state index in [-0.39, 0.29) is 22.9 Å². The van der Waals surface area contributed by atoms with Crippen LogP contribution in [0.2, 0.25) is 0 Å². The fourth-order valence-corrected chi connectivity index (χ4v) is 3.47. The molecular formula is C21H19N3O2. The Bertz CT molecular complexity index is 1040. The molecule has 0 N–H and O–H groups in total. The Morgan fingerprint density at radius 1 is 1.08 bits per heavy atom. The number of para-hydroxylation sites is 2. The second-order valence-electron chi connectivity index (χ2n) is 6.62. The molecule has 1 aliphatic heterocycles. The van der Waals surface area contributed by atoms with E-state index < -0.39 is 0 Å². The lowest BCUT2D eigenvalue weighted by Crippen LogP contribution is -2.35. The molecule has 0 saturated carbocycles. The Balaban J connectivity index is 1.79. The summed E-state index contributed by atoms with van der Waals surface area (Å²) in [5, 5.41) is 4.40. The van der Waals surface area contributed by atoms with Crippen LogP contribution in [0.1, 0.15) is 34.6 Å². The maximum absolute atomic E-state index is 13.1. The molecule has 2 heterocycles. The van der Waals surface area contributed by atoms with E-state index in [1.165, 1.54) is 6.07 Å². The number of hydrogen-bond donors (Lipinski definition) is 0. The van der Waals surface area contributed by atoms with Gasteiger partial charge in [-0.25, -0.2) is 4.68 Å². The van der Waals surface area contributed by atoms with Crippen LogP contribution in [0.5, 0.6) is 0 Å². The SMILES string of the molecule is Cc1cc(=O)c(C(=O)N2C[C@@H](C)c3ccccc32)nn1-c1ccccc1. The molecule has 2 aromatic carbocycles. The highest BCUT2D eigenvalue weighted by Gasteiger charge is 2.32. The highest BCUT2D eigenvalue weighted by molar-refractivity contribution is 6.06. The summed E-state index contributed by atoms with van der Waals surface area (Å²) in [4.78, 5) is 27.3. The summed E-state index contributed by atoms with van der Waals surface area (Å²) < 4.78 is 1.64. The summed E-state index contributed by atoms with van der Waals surface area (Å²) in [5.41, 5.74) is 3.08. The average molecular weight is 345 g/mol. The van der Waals surface area contributed by atoms with Crippen LogP contribution in [0.4, 0.5) is 5.69 Å². The van der Waals surface area contributed by atoms with E-state index in [9.17, 15) is 9.59 Å². The molecule has 0 saturated heterocycles. The number of nitrogens with zero attached hydrogens (tertiary/aromatic N) is 3. The number of fused-ring (bicyclic) bond motifs is 1. The lowest BCUT2D eigenvalue weighted by atomic mass is 10.0. The molecule has 0 radical (unpaired) electrons. The van der Waals surface area contributed by atoms with Gasteiger partial charge >= 0.3 is 0 Å². The van der Waals surface area contributed by atoms with E-state index >= 15 is 0 Å². The minimum absolute atomic E-state index is 0.0524. The molecule has 1 aromatic heterocycles. The van der Waals surface area contributed by atoms with Crippen molar-refractivity contribution in [2.45, 2.75) is 19.8 Å². The maximum Gasteiger partial charge on any atom is 0.282 e. The first-order valence-corrected chi connectivity index (χ1v) is 8.63. The van der Waals surface area contributed by atoms with Crippen molar-refractivity contribution in [1.29, 1.82) is 0 Å². The number of amides is 1. The number of carbonyl (C=O) groups is 1. The first-order chi connectivity index (χ1) is 12.6. The molecule has 0 unspecified atom stereocenters. The van der Waals surface area contributed by atoms with Crippen LogP contribution < -0.4 is 10.3 Å². The van der Waals surface area contributed by atoms with Crippen LogP contribution in [-0.2, 0) is 0 Å². The van der Waals surface area contributed by atoms with E-state index in [1.54, 1.807) is 9.58 Å². The van der Waals surface area contributed by atoms with Crippen LogP contribution >= 0.6 is 0 Å². The zero-order valence-corrected chi connectivity index (χ0v) is 14.7. The smallest absolute Gasteiger partial charge is 0.282 e. The lowest BCUT2D eigenvalue weighted by molar-refractivity contribution is 0.0980. The maximum atomic E-state index is 13.1. The van der Waals surface area contributed by atoms with Gasteiger partial charge in [0.15, 0.2) is 5.69 Å². The fraction of sp³-hybridized carbons (Fsp3) is 0.190. The zero-order chi connectivity index (χ0) is 18.3. The molecule has 0 spiro atoms. The average Bonchev–Trinajstić information content (AvgIpc) is 2.99. The molecular weight excluding hydrogens is 326 g/mol. The van der Waals surface area contributed by atoms with Crippen LogP contribution in [0.15, 0.2) is 65.5 Å². The van der Waals surface area contributed by atoms with Crippen molar-refractivity contribution >= 4 is 11.6 Å². The molecule has 0 bridgehead atoms. The quantitative estimate of drug-likeness (QED) is 0.716. The van der Waals surface area contributed by atoms with Crippen molar-refractivity contribution in [3.8, 4) is 5.69 Å². The number of anilines is 1. The molecule has 130 valence electrons. The van der Waals surface area contributed by atoms with Gasteiger partial charge in [-0.2, -0.15) is 5.10 Å². The Morgan fingerprint density at radius 2 is 1.77 bits per heavy atom. The Kier molecular flexibility index (Phi) is 3.92. The third kappa shape index (κ3) is 2.62. The van der Waals surface area contributed by atoms with Crippen LogP contribution in [0.3, 0.4) is 0 Å². The summed E-state index contributed by atoms with van der Waals surface area (Å²) in [6, 6.07) is 18.8. The molecule has 1 amide bonds. The van der Waals surface area contributed by atoms with E-state index in [0.717, 1.165) is 16.9 Å². The Labute approximate surface area is 151 Å². The molecule has 1 atom stereocenters. The third-order valence-electron chi connectivity index (χ3n) is 4.77. The van der Waals surface area contributed by atoms with Gasteiger partial charge in [0.1, 0.15) is 0 Å². The van der Waals surface area contributed by atoms with Gasteiger partial charge in [-0.15, -0.1) is 0 Å². The Morgan fingerprint density at radius 3 is 2.54 bits per heavy atom. The van der Waals surface area contributed by atoms with Gasteiger partial charge in [0.05, 0.1) is 5.69 Å². The van der Waals surface area contributed by atoms with Crippen LogP contribution in [-0.4, -0.2) is 22.2 Å². The number of aromatic nitrogens is 2.